The average Bonchev–Trinajstić information content (AvgIpc) is 2.62. The molecule has 3 unspecified atom stereocenters. The highest BCUT2D eigenvalue weighted by molar-refractivity contribution is 4.86. The van der Waals surface area contributed by atoms with Gasteiger partial charge in [0.15, 0.2) is 0 Å². The van der Waals surface area contributed by atoms with Crippen LogP contribution in [0.3, 0.4) is 0 Å². The van der Waals surface area contributed by atoms with Gasteiger partial charge in [0.05, 0.1) is 6.10 Å². The van der Waals surface area contributed by atoms with Gasteiger partial charge in [-0.2, -0.15) is 0 Å². The summed E-state index contributed by atoms with van der Waals surface area (Å²) in [6.07, 6.45) is 8.46. The maximum Gasteiger partial charge on any atom is 0.0724 e. The van der Waals surface area contributed by atoms with Crippen molar-refractivity contribution in [2.75, 3.05) is 7.11 Å². The van der Waals surface area contributed by atoms with Gasteiger partial charge in [-0.05, 0) is 39.0 Å². The third-order valence-electron chi connectivity index (χ3n) is 3.06. The van der Waals surface area contributed by atoms with Gasteiger partial charge in [0.2, 0.25) is 0 Å². The minimum Gasteiger partial charge on any atom is -0.380 e. The molecular weight excluding hydrogens is 174 g/mol. The minimum absolute atomic E-state index is 0.432. The van der Waals surface area contributed by atoms with E-state index >= 15 is 0 Å². The molecule has 0 spiro atoms. The van der Waals surface area contributed by atoms with E-state index in [4.69, 9.17) is 4.74 Å². The van der Waals surface area contributed by atoms with Crippen LogP contribution in [0, 0.1) is 0 Å². The lowest BCUT2D eigenvalue weighted by atomic mass is 10.1. The Morgan fingerprint density at radius 3 is 3.00 bits per heavy atom. The molecule has 0 amide bonds. The van der Waals surface area contributed by atoms with Gasteiger partial charge >= 0.3 is 0 Å². The quantitative estimate of drug-likeness (QED) is 0.661. The molecule has 0 radical (unpaired) electrons. The first-order chi connectivity index (χ1) is 6.77. The number of allylic oxidation sites excluding steroid dienone is 1. The number of nitrogens with one attached hydrogen (secondary N) is 1. The van der Waals surface area contributed by atoms with Crippen LogP contribution in [0.15, 0.2) is 12.7 Å². The number of rotatable bonds is 6. The summed E-state index contributed by atoms with van der Waals surface area (Å²) in [7, 11) is 1.82. The molecule has 14 heavy (non-hydrogen) atoms. The molecule has 0 aromatic heterocycles. The number of hydrogen-bond acceptors (Lipinski definition) is 2. The molecule has 82 valence electrons. The second-order valence-electron chi connectivity index (χ2n) is 4.25. The summed E-state index contributed by atoms with van der Waals surface area (Å²) in [6.45, 7) is 5.99. The first-order valence-corrected chi connectivity index (χ1v) is 5.67. The van der Waals surface area contributed by atoms with Crippen LogP contribution in [0.25, 0.3) is 0 Å². The molecule has 1 aliphatic carbocycles. The van der Waals surface area contributed by atoms with E-state index in [0.29, 0.717) is 18.2 Å². The molecule has 1 aliphatic rings. The highest BCUT2D eigenvalue weighted by Gasteiger charge is 2.27. The minimum atomic E-state index is 0.432. The summed E-state index contributed by atoms with van der Waals surface area (Å²) in [5.74, 6) is 0. The molecule has 0 saturated heterocycles. The van der Waals surface area contributed by atoms with Crippen LogP contribution in [0.4, 0.5) is 0 Å². The largest absolute Gasteiger partial charge is 0.380 e. The molecule has 0 bridgehead atoms. The Hall–Kier alpha value is -0.340. The zero-order chi connectivity index (χ0) is 10.4. The third-order valence-corrected chi connectivity index (χ3v) is 3.06. The molecule has 0 heterocycles. The van der Waals surface area contributed by atoms with Gasteiger partial charge in [0.1, 0.15) is 0 Å². The summed E-state index contributed by atoms with van der Waals surface area (Å²) < 4.78 is 5.45. The molecule has 1 fully saturated rings. The van der Waals surface area contributed by atoms with Crippen LogP contribution in [-0.4, -0.2) is 25.3 Å². The lowest BCUT2D eigenvalue weighted by Crippen LogP contribution is -2.41. The predicted octanol–water partition coefficient (Wildman–Crippen LogP) is 2.50. The summed E-state index contributed by atoms with van der Waals surface area (Å²) in [5, 5.41) is 3.64. The second kappa shape index (κ2) is 6.20. The van der Waals surface area contributed by atoms with Gasteiger partial charge in [-0.25, -0.2) is 0 Å². The maximum absolute atomic E-state index is 5.45. The lowest BCUT2D eigenvalue weighted by molar-refractivity contribution is 0.0816. The topological polar surface area (TPSA) is 21.3 Å². The van der Waals surface area contributed by atoms with Crippen LogP contribution < -0.4 is 5.32 Å². The molecule has 0 aromatic rings. The molecular formula is C12H23NO. The molecule has 1 saturated carbocycles. The van der Waals surface area contributed by atoms with Crippen molar-refractivity contribution in [1.29, 1.82) is 0 Å². The van der Waals surface area contributed by atoms with E-state index in [1.807, 2.05) is 13.2 Å². The van der Waals surface area contributed by atoms with Gasteiger partial charge in [-0.3, -0.25) is 0 Å². The fourth-order valence-electron chi connectivity index (χ4n) is 2.22. The van der Waals surface area contributed by atoms with E-state index in [1.54, 1.807) is 0 Å². The van der Waals surface area contributed by atoms with E-state index in [-0.39, 0.29) is 0 Å². The van der Waals surface area contributed by atoms with Crippen molar-refractivity contribution in [1.82, 2.24) is 5.32 Å². The van der Waals surface area contributed by atoms with Crippen molar-refractivity contribution in [2.45, 2.75) is 57.2 Å². The van der Waals surface area contributed by atoms with Gasteiger partial charge in [0.25, 0.3) is 0 Å². The fourth-order valence-corrected chi connectivity index (χ4v) is 2.22. The summed E-state index contributed by atoms with van der Waals surface area (Å²) in [6, 6.07) is 1.15. The van der Waals surface area contributed by atoms with Gasteiger partial charge in [0, 0.05) is 19.2 Å². The van der Waals surface area contributed by atoms with E-state index in [0.717, 1.165) is 6.42 Å². The Morgan fingerprint density at radius 1 is 1.57 bits per heavy atom. The Balaban J connectivity index is 2.24. The maximum atomic E-state index is 5.45. The molecule has 1 N–H and O–H groups in total. The van der Waals surface area contributed by atoms with Crippen LogP contribution in [0.5, 0.6) is 0 Å². The molecule has 2 heteroatoms. The van der Waals surface area contributed by atoms with Crippen molar-refractivity contribution >= 4 is 0 Å². The Morgan fingerprint density at radius 2 is 2.36 bits per heavy atom. The van der Waals surface area contributed by atoms with E-state index in [1.165, 1.54) is 25.7 Å². The molecule has 1 rings (SSSR count). The van der Waals surface area contributed by atoms with E-state index in [9.17, 15) is 0 Å². The first-order valence-electron chi connectivity index (χ1n) is 5.67. The SMILES string of the molecule is C=CCCC(C)NC1CCCC1OC. The summed E-state index contributed by atoms with van der Waals surface area (Å²) >= 11 is 0. The Bertz CT molecular complexity index is 170. The lowest BCUT2D eigenvalue weighted by Gasteiger charge is -2.23. The standard InChI is InChI=1S/C12H23NO/c1-4-5-7-10(2)13-11-8-6-9-12(11)14-3/h4,10-13H,1,5-9H2,2-3H3. The van der Waals surface area contributed by atoms with Crippen LogP contribution in [-0.2, 0) is 4.74 Å². The highest BCUT2D eigenvalue weighted by Crippen LogP contribution is 2.22. The van der Waals surface area contributed by atoms with Crippen molar-refractivity contribution in [3.8, 4) is 0 Å². The summed E-state index contributed by atoms with van der Waals surface area (Å²) in [4.78, 5) is 0. The van der Waals surface area contributed by atoms with Crippen LogP contribution in [0.1, 0.15) is 39.0 Å². The highest BCUT2D eigenvalue weighted by atomic mass is 16.5. The van der Waals surface area contributed by atoms with Gasteiger partial charge in [-0.15, -0.1) is 6.58 Å². The Labute approximate surface area is 87.7 Å². The number of hydrogen-bond donors (Lipinski definition) is 1. The van der Waals surface area contributed by atoms with Crippen molar-refractivity contribution in [3.05, 3.63) is 12.7 Å². The van der Waals surface area contributed by atoms with E-state index < -0.39 is 0 Å². The van der Waals surface area contributed by atoms with Gasteiger partial charge < -0.3 is 10.1 Å². The fraction of sp³-hybridized carbons (Fsp3) is 0.833. The van der Waals surface area contributed by atoms with Gasteiger partial charge in [-0.1, -0.05) is 6.08 Å². The molecule has 0 aromatic carbocycles. The number of methoxy groups -OCH3 is 1. The van der Waals surface area contributed by atoms with Crippen LogP contribution in [0.2, 0.25) is 0 Å². The Kier molecular flexibility index (Phi) is 5.20. The molecule has 0 aliphatic heterocycles. The number of ether oxygens (including phenoxy) is 1. The van der Waals surface area contributed by atoms with E-state index in [2.05, 4.69) is 18.8 Å². The normalized spacial score (nSPS) is 29.0. The third kappa shape index (κ3) is 3.43. The predicted molar refractivity (Wildman–Crippen MR) is 60.5 cm³/mol. The van der Waals surface area contributed by atoms with Crippen molar-refractivity contribution in [2.24, 2.45) is 0 Å². The average molecular weight is 197 g/mol. The zero-order valence-corrected chi connectivity index (χ0v) is 9.46. The molecule has 3 atom stereocenters. The van der Waals surface area contributed by atoms with Crippen molar-refractivity contribution < 1.29 is 4.74 Å². The second-order valence-corrected chi connectivity index (χ2v) is 4.25. The summed E-state index contributed by atoms with van der Waals surface area (Å²) in [5.41, 5.74) is 0. The monoisotopic (exact) mass is 197 g/mol. The van der Waals surface area contributed by atoms with Crippen molar-refractivity contribution in [3.63, 3.8) is 0 Å². The zero-order valence-electron chi connectivity index (χ0n) is 9.46. The smallest absolute Gasteiger partial charge is 0.0724 e. The first kappa shape index (κ1) is 11.7. The molecule has 2 nitrogen and oxygen atoms in total. The van der Waals surface area contributed by atoms with Crippen LogP contribution >= 0.6 is 0 Å².